The smallest absolute Gasteiger partial charge is 0.216 e. The lowest BCUT2D eigenvalue weighted by Crippen LogP contribution is -2.25. The molecule has 2 rings (SSSR count). The van der Waals surface area contributed by atoms with Crippen molar-refractivity contribution in [2.24, 2.45) is 0 Å². The van der Waals surface area contributed by atoms with Crippen molar-refractivity contribution in [1.29, 1.82) is 0 Å². The van der Waals surface area contributed by atoms with Gasteiger partial charge >= 0.3 is 0 Å². The topological polar surface area (TPSA) is 55.4 Å². The van der Waals surface area contributed by atoms with Gasteiger partial charge in [-0.1, -0.05) is 42.2 Å². The van der Waals surface area contributed by atoms with E-state index in [1.54, 1.807) is 6.07 Å². The van der Waals surface area contributed by atoms with Gasteiger partial charge in [-0.3, -0.25) is 0 Å². The van der Waals surface area contributed by atoms with Gasteiger partial charge in [0.2, 0.25) is 10.0 Å². The van der Waals surface area contributed by atoms with Crippen LogP contribution in [0.4, 0.5) is 4.39 Å². The molecular weight excluding hydrogens is 329 g/mol. The SMILES string of the molecule is Cc1ccccc1OCC#CCNS(=O)(=O)Cc1cccc(F)c1. The molecule has 2 aromatic carbocycles. The van der Waals surface area contributed by atoms with E-state index in [2.05, 4.69) is 16.6 Å². The quantitative estimate of drug-likeness (QED) is 0.818. The molecule has 0 aromatic heterocycles. The van der Waals surface area contributed by atoms with Crippen LogP contribution in [-0.4, -0.2) is 21.6 Å². The van der Waals surface area contributed by atoms with E-state index in [1.165, 1.54) is 18.2 Å². The highest BCUT2D eigenvalue weighted by Crippen LogP contribution is 2.15. The summed E-state index contributed by atoms with van der Waals surface area (Å²) in [5.74, 6) is 5.44. The number of benzene rings is 2. The van der Waals surface area contributed by atoms with Crippen molar-refractivity contribution in [2.45, 2.75) is 12.7 Å². The maximum absolute atomic E-state index is 13.1. The number of para-hydroxylation sites is 1. The van der Waals surface area contributed by atoms with Gasteiger partial charge in [0.1, 0.15) is 18.2 Å². The van der Waals surface area contributed by atoms with E-state index in [0.29, 0.717) is 5.56 Å². The largest absolute Gasteiger partial charge is 0.481 e. The minimum absolute atomic E-state index is 0.0191. The van der Waals surface area contributed by atoms with Gasteiger partial charge in [0, 0.05) is 0 Å². The van der Waals surface area contributed by atoms with E-state index < -0.39 is 15.8 Å². The zero-order valence-electron chi connectivity index (χ0n) is 13.3. The Hall–Kier alpha value is -2.36. The number of hydrogen-bond acceptors (Lipinski definition) is 3. The van der Waals surface area contributed by atoms with E-state index in [1.807, 2.05) is 31.2 Å². The molecule has 0 radical (unpaired) electrons. The van der Waals surface area contributed by atoms with Crippen molar-refractivity contribution >= 4 is 10.0 Å². The third-order valence-corrected chi connectivity index (χ3v) is 4.44. The average Bonchev–Trinajstić information content (AvgIpc) is 2.52. The predicted molar refractivity (Wildman–Crippen MR) is 91.5 cm³/mol. The Bertz CT molecular complexity index is 854. The number of rotatable bonds is 6. The standard InChI is InChI=1S/C18H18FNO3S/c1-15-7-2-3-10-18(15)23-12-5-4-11-20-24(21,22)14-16-8-6-9-17(19)13-16/h2-3,6-10,13,20H,11-12,14H2,1H3. The summed E-state index contributed by atoms with van der Waals surface area (Å²) in [6.45, 7) is 2.09. The van der Waals surface area contributed by atoms with Crippen LogP contribution in [0, 0.1) is 24.6 Å². The predicted octanol–water partition coefficient (Wildman–Crippen LogP) is 2.64. The van der Waals surface area contributed by atoms with E-state index in [4.69, 9.17) is 4.74 Å². The van der Waals surface area contributed by atoms with Crippen LogP contribution in [0.1, 0.15) is 11.1 Å². The summed E-state index contributed by atoms with van der Waals surface area (Å²) in [6, 6.07) is 13.1. The van der Waals surface area contributed by atoms with Gasteiger partial charge in [0.15, 0.2) is 0 Å². The number of nitrogens with one attached hydrogen (secondary N) is 1. The summed E-state index contributed by atoms with van der Waals surface area (Å²) in [5, 5.41) is 0. The first kappa shape index (κ1) is 18.0. The Morgan fingerprint density at radius 3 is 2.67 bits per heavy atom. The van der Waals surface area contributed by atoms with Crippen LogP contribution in [0.3, 0.4) is 0 Å². The van der Waals surface area contributed by atoms with Gasteiger partial charge in [-0.25, -0.2) is 17.5 Å². The number of aryl methyl sites for hydroxylation is 1. The summed E-state index contributed by atoms with van der Waals surface area (Å²) in [7, 11) is -3.56. The highest BCUT2D eigenvalue weighted by molar-refractivity contribution is 7.88. The molecule has 0 atom stereocenters. The molecule has 0 spiro atoms. The van der Waals surface area contributed by atoms with Gasteiger partial charge in [-0.15, -0.1) is 0 Å². The normalized spacial score (nSPS) is 10.8. The van der Waals surface area contributed by atoms with Crippen LogP contribution in [0.15, 0.2) is 48.5 Å². The first-order valence-corrected chi connectivity index (χ1v) is 8.97. The molecule has 0 heterocycles. The fourth-order valence-electron chi connectivity index (χ4n) is 1.99. The van der Waals surface area contributed by atoms with Crippen molar-refractivity contribution < 1.29 is 17.5 Å². The third-order valence-electron chi connectivity index (χ3n) is 3.14. The monoisotopic (exact) mass is 347 g/mol. The van der Waals surface area contributed by atoms with E-state index >= 15 is 0 Å². The summed E-state index contributed by atoms with van der Waals surface area (Å²) in [5.41, 5.74) is 1.40. The minimum Gasteiger partial charge on any atom is -0.481 e. The van der Waals surface area contributed by atoms with Gasteiger partial charge in [0.05, 0.1) is 12.3 Å². The van der Waals surface area contributed by atoms with Crippen LogP contribution >= 0.6 is 0 Å². The van der Waals surface area contributed by atoms with Crippen LogP contribution in [-0.2, 0) is 15.8 Å². The van der Waals surface area contributed by atoms with Crippen molar-refractivity contribution in [3.05, 3.63) is 65.5 Å². The highest BCUT2D eigenvalue weighted by atomic mass is 32.2. The summed E-state index contributed by atoms with van der Waals surface area (Å²) in [4.78, 5) is 0. The molecule has 0 aliphatic rings. The fraction of sp³-hybridized carbons (Fsp3) is 0.222. The molecule has 1 N–H and O–H groups in total. The number of hydrogen-bond donors (Lipinski definition) is 1. The van der Waals surface area contributed by atoms with Crippen LogP contribution in [0.25, 0.3) is 0 Å². The molecule has 0 saturated heterocycles. The fourth-order valence-corrected chi connectivity index (χ4v) is 3.00. The third kappa shape index (κ3) is 6.03. The van der Waals surface area contributed by atoms with Gasteiger partial charge < -0.3 is 4.74 Å². The van der Waals surface area contributed by atoms with E-state index in [0.717, 1.165) is 11.3 Å². The molecule has 0 saturated carbocycles. The molecule has 0 aliphatic heterocycles. The van der Waals surface area contributed by atoms with E-state index in [9.17, 15) is 12.8 Å². The maximum Gasteiger partial charge on any atom is 0.216 e. The molecule has 4 nitrogen and oxygen atoms in total. The number of ether oxygens (including phenoxy) is 1. The molecule has 0 unspecified atom stereocenters. The summed E-state index contributed by atoms with van der Waals surface area (Å²) < 4.78 is 44.6. The van der Waals surface area contributed by atoms with Crippen LogP contribution in [0.2, 0.25) is 0 Å². The Balaban J connectivity index is 1.78. The zero-order valence-corrected chi connectivity index (χ0v) is 14.1. The molecule has 0 aliphatic carbocycles. The molecule has 0 fully saturated rings. The van der Waals surface area contributed by atoms with Crippen LogP contribution < -0.4 is 9.46 Å². The summed E-state index contributed by atoms with van der Waals surface area (Å²) in [6.07, 6.45) is 0. The Kier molecular flexibility index (Phi) is 6.36. The zero-order chi connectivity index (χ0) is 17.4. The molecule has 0 bridgehead atoms. The summed E-state index contributed by atoms with van der Waals surface area (Å²) >= 11 is 0. The lowest BCUT2D eigenvalue weighted by atomic mass is 10.2. The highest BCUT2D eigenvalue weighted by Gasteiger charge is 2.10. The van der Waals surface area contributed by atoms with Gasteiger partial charge in [-0.05, 0) is 36.2 Å². The second-order valence-corrected chi connectivity index (χ2v) is 6.92. The molecule has 6 heteroatoms. The van der Waals surface area contributed by atoms with Gasteiger partial charge in [0.25, 0.3) is 0 Å². The maximum atomic E-state index is 13.1. The van der Waals surface area contributed by atoms with Gasteiger partial charge in [-0.2, -0.15) is 0 Å². The minimum atomic E-state index is -3.56. The number of halogens is 1. The lowest BCUT2D eigenvalue weighted by molar-refractivity contribution is 0.367. The molecule has 0 amide bonds. The van der Waals surface area contributed by atoms with Crippen LogP contribution in [0.5, 0.6) is 5.75 Å². The Morgan fingerprint density at radius 2 is 1.92 bits per heavy atom. The molecule has 24 heavy (non-hydrogen) atoms. The second-order valence-electron chi connectivity index (χ2n) is 5.12. The Morgan fingerprint density at radius 1 is 1.12 bits per heavy atom. The average molecular weight is 347 g/mol. The van der Waals surface area contributed by atoms with Crippen molar-refractivity contribution in [2.75, 3.05) is 13.2 Å². The molecular formula is C18H18FNO3S. The first-order valence-electron chi connectivity index (χ1n) is 7.32. The molecule has 2 aromatic rings. The van der Waals surface area contributed by atoms with Crippen molar-refractivity contribution in [1.82, 2.24) is 4.72 Å². The Labute approximate surface area is 141 Å². The van der Waals surface area contributed by atoms with Crippen molar-refractivity contribution in [3.63, 3.8) is 0 Å². The van der Waals surface area contributed by atoms with E-state index in [-0.39, 0.29) is 18.9 Å². The lowest BCUT2D eigenvalue weighted by Gasteiger charge is -2.05. The number of sulfonamides is 1. The second kappa shape index (κ2) is 8.48. The molecule has 126 valence electrons. The van der Waals surface area contributed by atoms with Crippen molar-refractivity contribution in [3.8, 4) is 17.6 Å². The first-order chi connectivity index (χ1) is 11.5.